The number of aryl methyl sites for hydroxylation is 2. The number of benzene rings is 1. The van der Waals surface area contributed by atoms with E-state index in [0.29, 0.717) is 17.6 Å². The van der Waals surface area contributed by atoms with Gasteiger partial charge in [0.25, 0.3) is 0 Å². The summed E-state index contributed by atoms with van der Waals surface area (Å²) < 4.78 is 5.99. The number of Topliss-reactive ketones (excluding diaryl/α,β-unsaturated/α-hetero) is 1. The molecular weight excluding hydrogens is 444 g/mol. The third-order valence-electron chi connectivity index (χ3n) is 9.42. The summed E-state index contributed by atoms with van der Waals surface area (Å²) in [6.07, 6.45) is 1.19. The number of ketones is 1. The predicted molar refractivity (Wildman–Crippen MR) is 133 cm³/mol. The molecule has 1 spiro atoms. The van der Waals surface area contributed by atoms with Gasteiger partial charge in [0.2, 0.25) is 0 Å². The van der Waals surface area contributed by atoms with E-state index >= 15 is 0 Å². The number of allylic oxidation sites excluding steroid dienone is 1. The van der Waals surface area contributed by atoms with Crippen LogP contribution in [0, 0.1) is 42.4 Å². The molecule has 1 aromatic rings. The topological polar surface area (TPSA) is 104 Å². The highest BCUT2D eigenvalue weighted by molar-refractivity contribution is 5.96. The van der Waals surface area contributed by atoms with Crippen LogP contribution in [-0.4, -0.2) is 51.5 Å². The van der Waals surface area contributed by atoms with Gasteiger partial charge in [-0.1, -0.05) is 58.0 Å². The first kappa shape index (κ1) is 25.8. The summed E-state index contributed by atoms with van der Waals surface area (Å²) in [5.74, 6) is -1.64. The van der Waals surface area contributed by atoms with Crippen molar-refractivity contribution in [2.45, 2.75) is 72.7 Å². The van der Waals surface area contributed by atoms with Crippen LogP contribution in [0.5, 0.6) is 0 Å². The van der Waals surface area contributed by atoms with Crippen molar-refractivity contribution < 1.29 is 29.6 Å². The zero-order chi connectivity index (χ0) is 26.1. The summed E-state index contributed by atoms with van der Waals surface area (Å²) in [6, 6.07) is 5.48. The van der Waals surface area contributed by atoms with Crippen LogP contribution in [0.4, 0.5) is 0 Å². The maximum atomic E-state index is 14.4. The number of aliphatic hydroxyl groups excluding tert-OH is 2. The zero-order valence-corrected chi connectivity index (χ0v) is 21.8. The van der Waals surface area contributed by atoms with Gasteiger partial charge >= 0.3 is 5.97 Å². The largest absolute Gasteiger partial charge is 0.451 e. The van der Waals surface area contributed by atoms with E-state index in [0.717, 1.165) is 11.1 Å². The number of aliphatic hydroxyl groups is 3. The molecule has 3 N–H and O–H groups in total. The van der Waals surface area contributed by atoms with Gasteiger partial charge in [-0.25, -0.2) is 4.79 Å². The molecule has 0 radical (unpaired) electrons. The Balaban J connectivity index is 1.91. The van der Waals surface area contributed by atoms with E-state index in [-0.39, 0.29) is 23.2 Å². The first-order valence-corrected chi connectivity index (χ1v) is 12.5. The fourth-order valence-corrected chi connectivity index (χ4v) is 6.96. The van der Waals surface area contributed by atoms with E-state index in [4.69, 9.17) is 4.74 Å². The summed E-state index contributed by atoms with van der Waals surface area (Å²) in [4.78, 5) is 27.8. The van der Waals surface area contributed by atoms with Crippen LogP contribution < -0.4 is 0 Å². The molecule has 0 saturated heterocycles. The highest BCUT2D eigenvalue weighted by Crippen LogP contribution is 2.62. The van der Waals surface area contributed by atoms with Crippen LogP contribution in [0.1, 0.15) is 62.5 Å². The van der Waals surface area contributed by atoms with Crippen LogP contribution in [0.2, 0.25) is 0 Å². The molecule has 3 aliphatic carbocycles. The zero-order valence-electron chi connectivity index (χ0n) is 21.8. The second kappa shape index (κ2) is 8.39. The third kappa shape index (κ3) is 3.33. The maximum Gasteiger partial charge on any atom is 0.339 e. The summed E-state index contributed by atoms with van der Waals surface area (Å²) >= 11 is 0. The summed E-state index contributed by atoms with van der Waals surface area (Å²) in [7, 11) is 0. The summed E-state index contributed by atoms with van der Waals surface area (Å²) in [6.45, 7) is 12.9. The molecule has 2 bridgehead atoms. The van der Waals surface area contributed by atoms with Gasteiger partial charge in [-0.15, -0.1) is 0 Å². The Morgan fingerprint density at radius 1 is 1.11 bits per heavy atom. The minimum atomic E-state index is -2.15. The van der Waals surface area contributed by atoms with Gasteiger partial charge in [-0.05, 0) is 66.7 Å². The van der Waals surface area contributed by atoms with Gasteiger partial charge in [0.1, 0.15) is 6.10 Å². The SMILES string of the molecule is CC1=CC23C(=O)[C@@H](C=C(CO)[C@@H](O)[C@]2(O)[C@H]1OC(=O)c1c(C)cccc1C)C(C)(C)[C@@H](C)CC3C. The Bertz CT molecular complexity index is 1110. The Kier molecular flexibility index (Phi) is 6.19. The minimum absolute atomic E-state index is 0.131. The summed E-state index contributed by atoms with van der Waals surface area (Å²) in [5.41, 5.74) is -1.50. The van der Waals surface area contributed by atoms with Crippen molar-refractivity contribution in [3.05, 3.63) is 58.2 Å². The number of rotatable bonds is 3. The fraction of sp³-hybridized carbons (Fsp3) is 0.586. The number of hydrogen-bond donors (Lipinski definition) is 3. The van der Waals surface area contributed by atoms with E-state index < -0.39 is 47.1 Å². The number of hydrogen-bond acceptors (Lipinski definition) is 6. The van der Waals surface area contributed by atoms with Crippen LogP contribution in [0.15, 0.2) is 41.5 Å². The molecule has 2 unspecified atom stereocenters. The predicted octanol–water partition coefficient (Wildman–Crippen LogP) is 3.69. The number of carbonyl (C=O) groups excluding carboxylic acids is 2. The highest BCUT2D eigenvalue weighted by atomic mass is 16.6. The quantitative estimate of drug-likeness (QED) is 0.448. The van der Waals surface area contributed by atoms with E-state index in [9.17, 15) is 24.9 Å². The Labute approximate surface area is 207 Å². The van der Waals surface area contributed by atoms with E-state index in [1.165, 1.54) is 0 Å². The lowest BCUT2D eigenvalue weighted by atomic mass is 9.59. The molecule has 6 nitrogen and oxygen atoms in total. The first-order valence-electron chi connectivity index (χ1n) is 12.5. The van der Waals surface area contributed by atoms with Crippen molar-refractivity contribution in [3.63, 3.8) is 0 Å². The lowest BCUT2D eigenvalue weighted by Crippen LogP contribution is -2.65. The normalized spacial score (nSPS) is 38.1. The second-order valence-corrected chi connectivity index (χ2v) is 11.6. The van der Waals surface area contributed by atoms with Crippen LogP contribution in [0.3, 0.4) is 0 Å². The molecular formula is C29H38O6. The molecule has 3 aliphatic rings. The molecule has 6 heteroatoms. The monoisotopic (exact) mass is 482 g/mol. The smallest absolute Gasteiger partial charge is 0.339 e. The standard InChI is InChI=1S/C29H38O6/c1-15-9-8-10-16(2)22(15)26(33)35-25-17(3)13-28-19(5)11-18(4)27(6,7)21(24(28)32)12-20(14-30)23(31)29(25,28)34/h8-10,12-13,18-19,21,23,25,30-31,34H,11,14H2,1-7H3/t18-,19?,21+,23+,25-,28?,29-/m0/s1. The number of fused-ring (bicyclic) bond motifs is 1. The Morgan fingerprint density at radius 3 is 2.29 bits per heavy atom. The second-order valence-electron chi connectivity index (χ2n) is 11.6. The lowest BCUT2D eigenvalue weighted by Gasteiger charge is -2.48. The lowest BCUT2D eigenvalue weighted by molar-refractivity contribution is -0.190. The molecule has 4 rings (SSSR count). The maximum absolute atomic E-state index is 14.4. The van der Waals surface area contributed by atoms with Crippen molar-refractivity contribution in [1.29, 1.82) is 0 Å². The Morgan fingerprint density at radius 2 is 1.71 bits per heavy atom. The van der Waals surface area contributed by atoms with Gasteiger partial charge in [0, 0.05) is 5.92 Å². The highest BCUT2D eigenvalue weighted by Gasteiger charge is 2.73. The fourth-order valence-electron chi connectivity index (χ4n) is 6.96. The molecule has 35 heavy (non-hydrogen) atoms. The first-order chi connectivity index (χ1) is 16.2. The molecule has 1 aromatic carbocycles. The molecule has 1 fully saturated rings. The Hall–Kier alpha value is -2.28. The van der Waals surface area contributed by atoms with Gasteiger partial charge in [-0.2, -0.15) is 0 Å². The average molecular weight is 483 g/mol. The molecule has 1 saturated carbocycles. The molecule has 7 atom stereocenters. The molecule has 0 aromatic heterocycles. The van der Waals surface area contributed by atoms with Crippen LogP contribution in [-0.2, 0) is 9.53 Å². The van der Waals surface area contributed by atoms with Crippen molar-refractivity contribution in [2.75, 3.05) is 6.61 Å². The van der Waals surface area contributed by atoms with E-state index in [1.54, 1.807) is 19.1 Å². The van der Waals surface area contributed by atoms with Crippen molar-refractivity contribution in [3.8, 4) is 0 Å². The van der Waals surface area contributed by atoms with Gasteiger partial charge < -0.3 is 20.1 Å². The average Bonchev–Trinajstić information content (AvgIpc) is 2.95. The summed E-state index contributed by atoms with van der Waals surface area (Å²) in [5, 5.41) is 34.3. The van der Waals surface area contributed by atoms with Crippen molar-refractivity contribution in [2.24, 2.45) is 28.6 Å². The van der Waals surface area contributed by atoms with Crippen LogP contribution in [0.25, 0.3) is 0 Å². The van der Waals surface area contributed by atoms with E-state index in [2.05, 4.69) is 6.92 Å². The number of esters is 1. The van der Waals surface area contributed by atoms with Crippen molar-refractivity contribution >= 4 is 11.8 Å². The van der Waals surface area contributed by atoms with Gasteiger partial charge in [0.05, 0.1) is 17.6 Å². The molecule has 0 amide bonds. The van der Waals surface area contributed by atoms with Crippen molar-refractivity contribution in [1.82, 2.24) is 0 Å². The molecule has 190 valence electrons. The van der Waals surface area contributed by atoms with Crippen LogP contribution >= 0.6 is 0 Å². The molecule has 0 aliphatic heterocycles. The molecule has 0 heterocycles. The van der Waals surface area contributed by atoms with Gasteiger partial charge in [-0.3, -0.25) is 4.79 Å². The third-order valence-corrected chi connectivity index (χ3v) is 9.42. The number of ether oxygens (including phenoxy) is 1. The minimum Gasteiger partial charge on any atom is -0.451 e. The van der Waals surface area contributed by atoms with Gasteiger partial charge in [0.15, 0.2) is 17.5 Å². The van der Waals surface area contributed by atoms with E-state index in [1.807, 2.05) is 52.8 Å². The number of carbonyl (C=O) groups is 2.